The Hall–Kier alpha value is -2.20. The van der Waals surface area contributed by atoms with Crippen LogP contribution < -0.4 is 0 Å². The normalized spacial score (nSPS) is 52.7. The van der Waals surface area contributed by atoms with E-state index in [4.69, 9.17) is 18.9 Å². The standard InChI is InChI=1S/C42H68O4.C41H66O5/c1-24-22-41(13)30(31-23-37(7,8)20-21-42(24,31)29(6)44)14-15-33-39(11)18-17-34(38(9,10)32(39)16-19-40(33,41)12)45-36-27(4)25(2)26(3)35(46-36)28(5)43;1-23-21-40(12)28(29-22-36(6,7)19-20-41(23,29)35(43)44)13-14-31-38(10)17-16-32(37(8,9)30(38)15-18-39(31,40)11)45-34-26(4)24(2)25(3)33(46-34)27(5)42/h14,24-27,31-36H,15-23H2,1-13H3;13,23-26,29-34H,14-22H2,1-12H3,(H,43,44)/t24?,25-,26+,27?,31?,32+,33?,34+,35?,36?,39?,40+,41-,42-;23?,24-,25+,26?,29?,30+,31?,32+,33?,34?,38?,39+,40-,41+/m11/s1. The number of carboxylic acids is 1. The molecule has 10 fully saturated rings. The van der Waals surface area contributed by atoms with Crippen LogP contribution in [0.25, 0.3) is 0 Å². The van der Waals surface area contributed by atoms with Crippen molar-refractivity contribution in [1.29, 1.82) is 0 Å². The molecule has 0 amide bonds. The van der Waals surface area contributed by atoms with Crippen molar-refractivity contribution in [3.8, 4) is 0 Å². The molecule has 0 aromatic heterocycles. The van der Waals surface area contributed by atoms with Crippen molar-refractivity contribution in [2.75, 3.05) is 0 Å². The van der Waals surface area contributed by atoms with Gasteiger partial charge in [0.25, 0.3) is 0 Å². The maximum absolute atomic E-state index is 13.6. The van der Waals surface area contributed by atoms with Crippen LogP contribution in [0.2, 0.25) is 0 Å². The zero-order valence-corrected chi connectivity index (χ0v) is 63.1. The fourth-order valence-corrected chi connectivity index (χ4v) is 27.5. The van der Waals surface area contributed by atoms with Gasteiger partial charge in [-0.25, -0.2) is 0 Å². The molecule has 2 heterocycles. The molecule has 8 saturated carbocycles. The number of hydrogen-bond acceptors (Lipinski definition) is 8. The van der Waals surface area contributed by atoms with Gasteiger partial charge in [-0.2, -0.15) is 0 Å². The minimum Gasteiger partial charge on any atom is -0.481 e. The Labute approximate surface area is 560 Å². The van der Waals surface area contributed by atoms with Crippen molar-refractivity contribution < 1.29 is 43.2 Å². The topological polar surface area (TPSA) is 125 Å². The van der Waals surface area contributed by atoms with Crippen molar-refractivity contribution in [2.45, 2.75) is 326 Å². The summed E-state index contributed by atoms with van der Waals surface area (Å²) >= 11 is 0. The van der Waals surface area contributed by atoms with E-state index in [2.05, 4.69) is 164 Å². The number of ether oxygens (including phenoxy) is 4. The highest BCUT2D eigenvalue weighted by Gasteiger charge is 2.73. The van der Waals surface area contributed by atoms with Gasteiger partial charge in [-0.1, -0.05) is 176 Å². The third-order valence-electron chi connectivity index (χ3n) is 34.2. The highest BCUT2D eigenvalue weighted by atomic mass is 16.7. The van der Waals surface area contributed by atoms with Crippen LogP contribution in [0.3, 0.4) is 0 Å². The van der Waals surface area contributed by atoms with Crippen LogP contribution in [0.5, 0.6) is 0 Å². The molecule has 9 nitrogen and oxygen atoms in total. The van der Waals surface area contributed by atoms with Crippen LogP contribution in [0.15, 0.2) is 23.3 Å². The Balaban J connectivity index is 0.000000188. The molecule has 28 atom stereocenters. The Kier molecular flexibility index (Phi) is 17.9. The molecular formula is C83H134O9. The minimum atomic E-state index is -0.627. The molecule has 2 saturated heterocycles. The van der Waals surface area contributed by atoms with Gasteiger partial charge >= 0.3 is 5.97 Å². The molecule has 0 bridgehead atoms. The first kappa shape index (κ1) is 71.1. The number of ketones is 3. The molecule has 0 aromatic carbocycles. The summed E-state index contributed by atoms with van der Waals surface area (Å²) in [7, 11) is 0. The lowest BCUT2D eigenvalue weighted by Crippen LogP contribution is -2.66. The van der Waals surface area contributed by atoms with E-state index in [0.717, 1.165) is 83.5 Å². The number of fused-ring (bicyclic) bond motifs is 14. The molecular weight excluding hydrogens is 1140 g/mol. The molecule has 2 aliphatic heterocycles. The Morgan fingerprint density at radius 3 is 1.15 bits per heavy atom. The first-order valence-corrected chi connectivity index (χ1v) is 38.1. The fourth-order valence-electron chi connectivity index (χ4n) is 27.5. The van der Waals surface area contributed by atoms with Gasteiger partial charge in [0.2, 0.25) is 0 Å². The number of aliphatic carboxylic acids is 1. The molecule has 9 heteroatoms. The number of Topliss-reactive ketones (excluding diaryl/α,β-unsaturated/α-hetero) is 3. The lowest BCUT2D eigenvalue weighted by Gasteiger charge is -2.72. The molecule has 12 rings (SSSR count). The number of allylic oxidation sites excluding steroid dienone is 4. The predicted octanol–water partition coefficient (Wildman–Crippen LogP) is 20.0. The first-order valence-electron chi connectivity index (χ1n) is 38.1. The lowest BCUT2D eigenvalue weighted by molar-refractivity contribution is -0.293. The molecule has 14 unspecified atom stereocenters. The van der Waals surface area contributed by atoms with Crippen LogP contribution in [0.4, 0.5) is 0 Å². The van der Waals surface area contributed by atoms with Gasteiger partial charge in [0.15, 0.2) is 24.1 Å². The predicted molar refractivity (Wildman–Crippen MR) is 369 cm³/mol. The van der Waals surface area contributed by atoms with Crippen molar-refractivity contribution in [3.63, 3.8) is 0 Å². The van der Waals surface area contributed by atoms with Crippen LogP contribution >= 0.6 is 0 Å². The van der Waals surface area contributed by atoms with Gasteiger partial charge in [0.1, 0.15) is 18.0 Å². The van der Waals surface area contributed by atoms with E-state index < -0.39 is 11.4 Å². The third-order valence-corrected chi connectivity index (χ3v) is 34.2. The number of carbonyl (C=O) groups excluding carboxylic acids is 3. The molecule has 1 N–H and O–H groups in total. The second kappa shape index (κ2) is 23.2. The number of carbonyl (C=O) groups is 4. The highest BCUT2D eigenvalue weighted by molar-refractivity contribution is 5.84. The number of hydrogen-bond donors (Lipinski definition) is 1. The Morgan fingerprint density at radius 1 is 0.435 bits per heavy atom. The largest absolute Gasteiger partial charge is 0.481 e. The van der Waals surface area contributed by atoms with Crippen molar-refractivity contribution >= 4 is 23.3 Å². The van der Waals surface area contributed by atoms with Crippen molar-refractivity contribution in [1.82, 2.24) is 0 Å². The maximum Gasteiger partial charge on any atom is 0.310 e. The highest BCUT2D eigenvalue weighted by Crippen LogP contribution is 2.79. The average molecular weight is 1280 g/mol. The summed E-state index contributed by atoms with van der Waals surface area (Å²) in [6, 6.07) is 0. The van der Waals surface area contributed by atoms with Crippen molar-refractivity contribution in [2.24, 2.45) is 148 Å². The van der Waals surface area contributed by atoms with Gasteiger partial charge in [0.05, 0.1) is 17.6 Å². The van der Waals surface area contributed by atoms with E-state index in [-0.39, 0.29) is 144 Å². The maximum atomic E-state index is 13.6. The molecule has 0 radical (unpaired) electrons. The number of rotatable bonds is 8. The van der Waals surface area contributed by atoms with Crippen LogP contribution in [0, 0.1) is 148 Å². The summed E-state index contributed by atoms with van der Waals surface area (Å²) in [5.74, 6) is 5.11. The molecule has 10 aliphatic carbocycles. The van der Waals surface area contributed by atoms with Gasteiger partial charge in [0, 0.05) is 17.3 Å². The van der Waals surface area contributed by atoms with E-state index in [9.17, 15) is 24.3 Å². The third kappa shape index (κ3) is 10.1. The van der Waals surface area contributed by atoms with E-state index in [1.165, 1.54) is 37.7 Å². The molecule has 520 valence electrons. The summed E-state index contributed by atoms with van der Waals surface area (Å²) < 4.78 is 26.9. The zero-order chi connectivity index (χ0) is 68.0. The van der Waals surface area contributed by atoms with E-state index >= 15 is 0 Å². The van der Waals surface area contributed by atoms with Gasteiger partial charge in [-0.3, -0.25) is 19.2 Å². The van der Waals surface area contributed by atoms with Crippen LogP contribution in [0.1, 0.15) is 289 Å². The fraction of sp³-hybridized carbons (Fsp3) is 0.904. The summed E-state index contributed by atoms with van der Waals surface area (Å²) in [6.45, 7) is 58.4. The van der Waals surface area contributed by atoms with Crippen LogP contribution in [-0.2, 0) is 38.1 Å². The summed E-state index contributed by atoms with van der Waals surface area (Å²) in [4.78, 5) is 51.9. The molecule has 0 spiro atoms. The quantitative estimate of drug-likeness (QED) is 0.187. The van der Waals surface area contributed by atoms with Crippen molar-refractivity contribution in [3.05, 3.63) is 23.3 Å². The summed E-state index contributed by atoms with van der Waals surface area (Å²) in [6.07, 6.45) is 23.8. The van der Waals surface area contributed by atoms with Gasteiger partial charge in [-0.05, 0) is 262 Å². The molecule has 12 aliphatic rings. The van der Waals surface area contributed by atoms with E-state index in [0.29, 0.717) is 53.1 Å². The number of carboxylic acid groups (broad SMARTS) is 1. The van der Waals surface area contributed by atoms with Crippen LogP contribution in [-0.4, -0.2) is 65.4 Å². The van der Waals surface area contributed by atoms with E-state index in [1.54, 1.807) is 19.4 Å². The Morgan fingerprint density at radius 2 is 0.793 bits per heavy atom. The smallest absolute Gasteiger partial charge is 0.310 e. The molecule has 92 heavy (non-hydrogen) atoms. The van der Waals surface area contributed by atoms with Gasteiger partial charge in [-0.15, -0.1) is 0 Å². The first-order chi connectivity index (χ1) is 42.3. The monoisotopic (exact) mass is 1280 g/mol. The lowest BCUT2D eigenvalue weighted by atomic mass is 9.32. The molecule has 0 aromatic rings. The summed E-state index contributed by atoms with van der Waals surface area (Å²) in [5.41, 5.74) is 3.70. The van der Waals surface area contributed by atoms with E-state index in [1.807, 2.05) is 6.92 Å². The Bertz CT molecular complexity index is 2750. The average Bonchev–Trinajstić information content (AvgIpc) is 0.678. The minimum absolute atomic E-state index is 0.0113. The second-order valence-corrected chi connectivity index (χ2v) is 39.8. The SMILES string of the molecule is CC(=O)C1OC(O[C@H]2CCC3(C)C4CC=C5C6CC(C)(C)CC[C@]6(C(=O)O)C(C)C[C@@]5(C)[C@@]4(C)CC[C@H]3C2(C)C)C(C)[C@H](C)[C@@H]1C.CC(=O)C1OC(O[C@H]2CCC3(C)C4CC=C5C6CC(C)(C)CC[C@]6(C(C)=O)C(C)C[C@@]5(C)[C@@]4(C)CC[C@H]3C2(C)C)C(C)[C@H](C)[C@@H]1C. The second-order valence-electron chi connectivity index (χ2n) is 39.8. The zero-order valence-electron chi connectivity index (χ0n) is 63.1. The summed E-state index contributed by atoms with van der Waals surface area (Å²) in [5, 5.41) is 10.9. The van der Waals surface area contributed by atoms with Gasteiger partial charge < -0.3 is 24.1 Å².